The molecule has 0 fully saturated rings. The van der Waals surface area contributed by atoms with Crippen LogP contribution in [0.5, 0.6) is 0 Å². The van der Waals surface area contributed by atoms with Crippen molar-refractivity contribution in [3.05, 3.63) is 0 Å². The van der Waals surface area contributed by atoms with Gasteiger partial charge >= 0.3 is 17.9 Å². The number of carbonyl (C=O) groups excluding carboxylic acids is 3. The Bertz CT molecular complexity index is 857. The zero-order valence-electron chi connectivity index (χ0n) is 38.8. The molecule has 0 saturated heterocycles. The zero-order chi connectivity index (χ0) is 41.7. The molecule has 0 heterocycles. The summed E-state index contributed by atoms with van der Waals surface area (Å²) in [5.74, 6) is -0.0871. The minimum atomic E-state index is -0.760. The van der Waals surface area contributed by atoms with Crippen LogP contribution in [0.4, 0.5) is 0 Å². The topological polar surface area (TPSA) is 78.9 Å². The highest BCUT2D eigenvalue weighted by Gasteiger charge is 2.19. The number of ether oxygens (including phenoxy) is 3. The Morgan fingerprint density at radius 3 is 0.860 bits per heavy atom. The smallest absolute Gasteiger partial charge is 0.306 e. The first-order valence-electron chi connectivity index (χ1n) is 25.4. The largest absolute Gasteiger partial charge is 0.462 e. The van der Waals surface area contributed by atoms with E-state index in [2.05, 4.69) is 27.7 Å². The fourth-order valence-electron chi connectivity index (χ4n) is 7.69. The molecular weight excluding hydrogens is 709 g/mol. The van der Waals surface area contributed by atoms with E-state index in [1.165, 1.54) is 180 Å². The molecule has 0 spiro atoms. The van der Waals surface area contributed by atoms with Gasteiger partial charge in [-0.15, -0.1) is 0 Å². The third-order valence-electron chi connectivity index (χ3n) is 11.5. The molecule has 57 heavy (non-hydrogen) atoms. The Balaban J connectivity index is 4.27. The molecule has 0 N–H and O–H groups in total. The third kappa shape index (κ3) is 45.3. The first-order chi connectivity index (χ1) is 27.9. The van der Waals surface area contributed by atoms with E-state index in [1.54, 1.807) is 0 Å². The normalized spacial score (nSPS) is 11.9. The molecule has 0 aromatic carbocycles. The third-order valence-corrected chi connectivity index (χ3v) is 11.5. The highest BCUT2D eigenvalue weighted by atomic mass is 16.6. The van der Waals surface area contributed by atoms with Gasteiger partial charge < -0.3 is 14.2 Å². The van der Waals surface area contributed by atoms with E-state index >= 15 is 0 Å². The fraction of sp³-hybridized carbons (Fsp3) is 0.941. The van der Waals surface area contributed by atoms with Gasteiger partial charge in [0.1, 0.15) is 13.2 Å². The van der Waals surface area contributed by atoms with Gasteiger partial charge in [0.2, 0.25) is 0 Å². The lowest BCUT2D eigenvalue weighted by molar-refractivity contribution is -0.167. The van der Waals surface area contributed by atoms with Crippen LogP contribution in [0.25, 0.3) is 0 Å². The summed E-state index contributed by atoms with van der Waals surface area (Å²) in [6.45, 7) is 8.95. The molecule has 0 aliphatic carbocycles. The van der Waals surface area contributed by atoms with Crippen LogP contribution >= 0.6 is 0 Å². The van der Waals surface area contributed by atoms with Crippen molar-refractivity contribution in [2.24, 2.45) is 5.92 Å². The number of unbranched alkanes of at least 4 members (excludes halogenated alkanes) is 33. The number of rotatable bonds is 46. The predicted octanol–water partition coefficient (Wildman–Crippen LogP) is 16.3. The second-order valence-electron chi connectivity index (χ2n) is 17.9. The van der Waals surface area contributed by atoms with E-state index in [-0.39, 0.29) is 31.1 Å². The summed E-state index contributed by atoms with van der Waals surface area (Å²) in [6, 6.07) is 0. The van der Waals surface area contributed by atoms with E-state index < -0.39 is 6.10 Å². The Morgan fingerprint density at radius 1 is 0.333 bits per heavy atom. The molecule has 0 aromatic heterocycles. The number of esters is 3. The van der Waals surface area contributed by atoms with Gasteiger partial charge in [0.05, 0.1) is 0 Å². The van der Waals surface area contributed by atoms with Crippen molar-refractivity contribution < 1.29 is 28.6 Å². The summed E-state index contributed by atoms with van der Waals surface area (Å²) in [5, 5.41) is 0. The van der Waals surface area contributed by atoms with Crippen LogP contribution in [0, 0.1) is 5.92 Å². The van der Waals surface area contributed by atoms with Crippen molar-refractivity contribution in [3.63, 3.8) is 0 Å². The molecule has 6 nitrogen and oxygen atoms in total. The summed E-state index contributed by atoms with van der Waals surface area (Å²) in [5.41, 5.74) is 0. The van der Waals surface area contributed by atoms with E-state index in [9.17, 15) is 14.4 Å². The van der Waals surface area contributed by atoms with Crippen LogP contribution in [0.3, 0.4) is 0 Å². The summed E-state index contributed by atoms with van der Waals surface area (Å²) in [7, 11) is 0. The molecule has 0 aromatic rings. The first kappa shape index (κ1) is 55.4. The Labute approximate surface area is 355 Å². The van der Waals surface area contributed by atoms with E-state index in [0.717, 1.165) is 63.7 Å². The molecule has 0 unspecified atom stereocenters. The van der Waals surface area contributed by atoms with Crippen LogP contribution in [-0.4, -0.2) is 37.2 Å². The quantitative estimate of drug-likeness (QED) is 0.0346. The van der Waals surface area contributed by atoms with Crippen molar-refractivity contribution in [2.45, 2.75) is 291 Å². The number of hydrogen-bond acceptors (Lipinski definition) is 6. The predicted molar refractivity (Wildman–Crippen MR) is 243 cm³/mol. The molecule has 0 amide bonds. The maximum Gasteiger partial charge on any atom is 0.306 e. The number of hydrogen-bond donors (Lipinski definition) is 0. The van der Waals surface area contributed by atoms with Gasteiger partial charge in [-0.05, 0) is 25.2 Å². The van der Waals surface area contributed by atoms with Crippen molar-refractivity contribution in [1.29, 1.82) is 0 Å². The van der Waals surface area contributed by atoms with Crippen LogP contribution in [0.15, 0.2) is 0 Å². The standard InChI is InChI=1S/C51H98O6/c1-5-7-9-11-13-15-17-19-21-22-24-26-28-30-36-40-44-51(54)57-48(46-56-50(53)43-39-35-32-31-33-37-41-47(3)4)45-55-49(52)42-38-34-29-27-25-23-20-18-16-14-12-10-8-6-2/h47-48H,5-46H2,1-4H3/t48-/m0/s1. The second-order valence-corrected chi connectivity index (χ2v) is 17.9. The van der Waals surface area contributed by atoms with Gasteiger partial charge in [0.25, 0.3) is 0 Å². The van der Waals surface area contributed by atoms with Gasteiger partial charge in [-0.1, -0.05) is 246 Å². The van der Waals surface area contributed by atoms with Gasteiger partial charge in [-0.25, -0.2) is 0 Å². The second kappa shape index (κ2) is 45.5. The highest BCUT2D eigenvalue weighted by molar-refractivity contribution is 5.71. The Kier molecular flexibility index (Phi) is 44.2. The maximum atomic E-state index is 12.8. The average molecular weight is 807 g/mol. The van der Waals surface area contributed by atoms with Crippen LogP contribution < -0.4 is 0 Å². The lowest BCUT2D eigenvalue weighted by Crippen LogP contribution is -2.30. The molecule has 338 valence electrons. The highest BCUT2D eigenvalue weighted by Crippen LogP contribution is 2.17. The monoisotopic (exact) mass is 807 g/mol. The lowest BCUT2D eigenvalue weighted by Gasteiger charge is -2.18. The van der Waals surface area contributed by atoms with Gasteiger partial charge in [-0.3, -0.25) is 14.4 Å². The summed E-state index contributed by atoms with van der Waals surface area (Å²) < 4.78 is 16.8. The molecule has 0 bridgehead atoms. The van der Waals surface area contributed by atoms with Gasteiger partial charge in [0.15, 0.2) is 6.10 Å². The van der Waals surface area contributed by atoms with Crippen molar-refractivity contribution in [3.8, 4) is 0 Å². The van der Waals surface area contributed by atoms with Crippen molar-refractivity contribution >= 4 is 17.9 Å². The molecule has 0 rings (SSSR count). The van der Waals surface area contributed by atoms with Crippen molar-refractivity contribution in [1.82, 2.24) is 0 Å². The average Bonchev–Trinajstić information content (AvgIpc) is 3.19. The SMILES string of the molecule is CCCCCCCCCCCCCCCCCCC(=O)O[C@@H](COC(=O)CCCCCCCCCCCCCCCC)COC(=O)CCCCCCCCC(C)C. The lowest BCUT2D eigenvalue weighted by atomic mass is 10.0. The van der Waals surface area contributed by atoms with Gasteiger partial charge in [0, 0.05) is 19.3 Å². The molecule has 0 aliphatic heterocycles. The molecular formula is C51H98O6. The van der Waals surface area contributed by atoms with Crippen LogP contribution in [-0.2, 0) is 28.6 Å². The van der Waals surface area contributed by atoms with Gasteiger partial charge in [-0.2, -0.15) is 0 Å². The molecule has 1 atom stereocenters. The fourth-order valence-corrected chi connectivity index (χ4v) is 7.69. The molecule has 6 heteroatoms. The zero-order valence-corrected chi connectivity index (χ0v) is 38.8. The molecule has 0 saturated carbocycles. The van der Waals surface area contributed by atoms with Crippen LogP contribution in [0.1, 0.15) is 285 Å². The molecule has 0 radical (unpaired) electrons. The van der Waals surface area contributed by atoms with E-state index in [0.29, 0.717) is 19.3 Å². The summed E-state index contributed by atoms with van der Waals surface area (Å²) in [4.78, 5) is 37.8. The minimum absolute atomic E-state index is 0.0637. The number of carbonyl (C=O) groups is 3. The van der Waals surface area contributed by atoms with E-state index in [1.807, 2.05) is 0 Å². The van der Waals surface area contributed by atoms with Crippen molar-refractivity contribution in [2.75, 3.05) is 13.2 Å². The van der Waals surface area contributed by atoms with Crippen LogP contribution in [0.2, 0.25) is 0 Å². The first-order valence-corrected chi connectivity index (χ1v) is 25.4. The minimum Gasteiger partial charge on any atom is -0.462 e. The Hall–Kier alpha value is -1.59. The summed E-state index contributed by atoms with van der Waals surface area (Å²) >= 11 is 0. The Morgan fingerprint density at radius 2 is 0.579 bits per heavy atom. The van der Waals surface area contributed by atoms with E-state index in [4.69, 9.17) is 14.2 Å². The maximum absolute atomic E-state index is 12.8. The molecule has 0 aliphatic rings. The summed E-state index contributed by atoms with van der Waals surface area (Å²) in [6.07, 6.45) is 46.7.